The average molecular weight is 260 g/mol. The zero-order valence-electron chi connectivity index (χ0n) is 12.4. The molecule has 0 bridgehead atoms. The zero-order chi connectivity index (χ0) is 13.7. The van der Waals surface area contributed by atoms with Crippen LogP contribution >= 0.6 is 0 Å². The van der Waals surface area contributed by atoms with Crippen LogP contribution in [0, 0.1) is 5.92 Å². The third kappa shape index (κ3) is 4.63. The fourth-order valence-corrected chi connectivity index (χ4v) is 3.07. The van der Waals surface area contributed by atoms with Crippen molar-refractivity contribution in [1.29, 1.82) is 0 Å². The van der Waals surface area contributed by atoms with Gasteiger partial charge in [-0.05, 0) is 56.2 Å². The van der Waals surface area contributed by atoms with Crippen molar-refractivity contribution < 1.29 is 0 Å². The van der Waals surface area contributed by atoms with Crippen LogP contribution in [-0.4, -0.2) is 24.5 Å². The second-order valence-corrected chi connectivity index (χ2v) is 6.15. The highest BCUT2D eigenvalue weighted by Gasteiger charge is 2.19. The monoisotopic (exact) mass is 260 g/mol. The SMILES string of the molecule is CCc1ccc(CN(C)CC2CCC(N)CC2)cc1. The van der Waals surface area contributed by atoms with Crippen LogP contribution in [0.25, 0.3) is 0 Å². The van der Waals surface area contributed by atoms with Crippen molar-refractivity contribution in [2.24, 2.45) is 11.7 Å². The molecule has 0 aliphatic heterocycles. The third-order valence-electron chi connectivity index (χ3n) is 4.34. The van der Waals surface area contributed by atoms with Crippen LogP contribution in [0.2, 0.25) is 0 Å². The molecule has 0 atom stereocenters. The summed E-state index contributed by atoms with van der Waals surface area (Å²) >= 11 is 0. The van der Waals surface area contributed by atoms with Crippen LogP contribution in [-0.2, 0) is 13.0 Å². The summed E-state index contributed by atoms with van der Waals surface area (Å²) in [4.78, 5) is 2.46. The summed E-state index contributed by atoms with van der Waals surface area (Å²) in [6.45, 7) is 4.48. The lowest BCUT2D eigenvalue weighted by atomic mass is 9.86. The van der Waals surface area contributed by atoms with Gasteiger partial charge in [0, 0.05) is 19.1 Å². The Morgan fingerprint density at radius 2 is 1.63 bits per heavy atom. The number of benzene rings is 1. The van der Waals surface area contributed by atoms with Crippen molar-refractivity contribution in [3.8, 4) is 0 Å². The molecule has 1 aliphatic rings. The topological polar surface area (TPSA) is 29.3 Å². The molecule has 2 N–H and O–H groups in total. The average Bonchev–Trinajstić information content (AvgIpc) is 2.42. The Bertz CT molecular complexity index is 363. The number of rotatable bonds is 5. The first kappa shape index (κ1) is 14.5. The van der Waals surface area contributed by atoms with Gasteiger partial charge in [0.2, 0.25) is 0 Å². The van der Waals surface area contributed by atoms with E-state index in [9.17, 15) is 0 Å². The van der Waals surface area contributed by atoms with Gasteiger partial charge in [0.25, 0.3) is 0 Å². The second kappa shape index (κ2) is 7.06. The molecule has 106 valence electrons. The normalized spacial score (nSPS) is 23.8. The fourth-order valence-electron chi connectivity index (χ4n) is 3.07. The molecule has 0 amide bonds. The van der Waals surface area contributed by atoms with E-state index in [1.807, 2.05) is 0 Å². The molecule has 2 nitrogen and oxygen atoms in total. The molecule has 2 heteroatoms. The maximum atomic E-state index is 5.97. The first-order valence-electron chi connectivity index (χ1n) is 7.69. The minimum atomic E-state index is 0.461. The smallest absolute Gasteiger partial charge is 0.0230 e. The summed E-state index contributed by atoms with van der Waals surface area (Å²) < 4.78 is 0. The summed E-state index contributed by atoms with van der Waals surface area (Å²) in [5.41, 5.74) is 8.81. The van der Waals surface area contributed by atoms with Crippen molar-refractivity contribution in [2.75, 3.05) is 13.6 Å². The summed E-state index contributed by atoms with van der Waals surface area (Å²) in [6, 6.07) is 9.51. The molecule has 1 aromatic rings. The van der Waals surface area contributed by atoms with Gasteiger partial charge in [0.15, 0.2) is 0 Å². The number of hydrogen-bond acceptors (Lipinski definition) is 2. The quantitative estimate of drug-likeness (QED) is 0.881. The highest BCUT2D eigenvalue weighted by molar-refractivity contribution is 5.22. The summed E-state index contributed by atoms with van der Waals surface area (Å²) in [6.07, 6.45) is 6.16. The van der Waals surface area contributed by atoms with E-state index in [4.69, 9.17) is 5.73 Å². The molecule has 19 heavy (non-hydrogen) atoms. The number of aryl methyl sites for hydroxylation is 1. The van der Waals surface area contributed by atoms with Gasteiger partial charge in [0.1, 0.15) is 0 Å². The Labute approximate surface area is 118 Å². The molecule has 0 radical (unpaired) electrons. The Kier molecular flexibility index (Phi) is 5.41. The molecular weight excluding hydrogens is 232 g/mol. The van der Waals surface area contributed by atoms with Crippen molar-refractivity contribution in [3.63, 3.8) is 0 Å². The standard InChI is InChI=1S/C17H28N2/c1-3-14-4-6-15(7-5-14)12-19(2)13-16-8-10-17(18)11-9-16/h4-7,16-17H,3,8-13,18H2,1-2H3. The van der Waals surface area contributed by atoms with Crippen molar-refractivity contribution in [1.82, 2.24) is 4.90 Å². The van der Waals surface area contributed by atoms with E-state index in [2.05, 4.69) is 43.1 Å². The molecule has 0 spiro atoms. The molecule has 1 fully saturated rings. The number of nitrogens with two attached hydrogens (primary N) is 1. The lowest BCUT2D eigenvalue weighted by molar-refractivity contribution is 0.219. The van der Waals surface area contributed by atoms with Crippen LogP contribution < -0.4 is 5.73 Å². The van der Waals surface area contributed by atoms with Crippen LogP contribution in [0.1, 0.15) is 43.7 Å². The Morgan fingerprint density at radius 1 is 1.05 bits per heavy atom. The zero-order valence-corrected chi connectivity index (χ0v) is 12.4. The van der Waals surface area contributed by atoms with E-state index >= 15 is 0 Å². The minimum absolute atomic E-state index is 0.461. The summed E-state index contributed by atoms with van der Waals surface area (Å²) in [5, 5.41) is 0. The van der Waals surface area contributed by atoms with Gasteiger partial charge in [-0.25, -0.2) is 0 Å². The Hall–Kier alpha value is -0.860. The van der Waals surface area contributed by atoms with Crippen molar-refractivity contribution in [3.05, 3.63) is 35.4 Å². The van der Waals surface area contributed by atoms with E-state index in [1.54, 1.807) is 0 Å². The van der Waals surface area contributed by atoms with Crippen LogP contribution in [0.4, 0.5) is 0 Å². The molecule has 0 saturated heterocycles. The van der Waals surface area contributed by atoms with E-state index in [-0.39, 0.29) is 0 Å². The molecule has 2 rings (SSSR count). The molecular formula is C17H28N2. The number of nitrogens with zero attached hydrogens (tertiary/aromatic N) is 1. The Morgan fingerprint density at radius 3 is 2.21 bits per heavy atom. The second-order valence-electron chi connectivity index (χ2n) is 6.15. The van der Waals surface area contributed by atoms with E-state index in [1.165, 1.54) is 43.4 Å². The predicted molar refractivity (Wildman–Crippen MR) is 82.1 cm³/mol. The first-order chi connectivity index (χ1) is 9.17. The van der Waals surface area contributed by atoms with Gasteiger partial charge in [-0.15, -0.1) is 0 Å². The van der Waals surface area contributed by atoms with Crippen molar-refractivity contribution >= 4 is 0 Å². The summed E-state index contributed by atoms with van der Waals surface area (Å²) in [5.74, 6) is 0.847. The van der Waals surface area contributed by atoms with E-state index in [0.717, 1.165) is 18.9 Å². The lowest BCUT2D eigenvalue weighted by Gasteiger charge is -2.29. The van der Waals surface area contributed by atoms with Crippen LogP contribution in [0.5, 0.6) is 0 Å². The molecule has 0 aromatic heterocycles. The largest absolute Gasteiger partial charge is 0.328 e. The summed E-state index contributed by atoms with van der Waals surface area (Å²) in [7, 11) is 2.24. The highest BCUT2D eigenvalue weighted by atomic mass is 15.1. The Balaban J connectivity index is 1.78. The fraction of sp³-hybridized carbons (Fsp3) is 0.647. The first-order valence-corrected chi connectivity index (χ1v) is 7.69. The number of hydrogen-bond donors (Lipinski definition) is 1. The van der Waals surface area contributed by atoms with E-state index < -0.39 is 0 Å². The maximum absolute atomic E-state index is 5.97. The van der Waals surface area contributed by atoms with Gasteiger partial charge in [-0.2, -0.15) is 0 Å². The van der Waals surface area contributed by atoms with E-state index in [0.29, 0.717) is 6.04 Å². The maximum Gasteiger partial charge on any atom is 0.0230 e. The van der Waals surface area contributed by atoms with Gasteiger partial charge < -0.3 is 10.6 Å². The molecule has 0 heterocycles. The highest BCUT2D eigenvalue weighted by Crippen LogP contribution is 2.24. The molecule has 1 aromatic carbocycles. The van der Waals surface area contributed by atoms with Gasteiger partial charge in [-0.3, -0.25) is 0 Å². The lowest BCUT2D eigenvalue weighted by Crippen LogP contribution is -2.32. The minimum Gasteiger partial charge on any atom is -0.328 e. The third-order valence-corrected chi connectivity index (χ3v) is 4.34. The van der Waals surface area contributed by atoms with Crippen LogP contribution in [0.3, 0.4) is 0 Å². The molecule has 1 aliphatic carbocycles. The molecule has 1 saturated carbocycles. The molecule has 0 unspecified atom stereocenters. The van der Waals surface area contributed by atoms with Gasteiger partial charge >= 0.3 is 0 Å². The van der Waals surface area contributed by atoms with Crippen molar-refractivity contribution in [2.45, 2.75) is 51.6 Å². The van der Waals surface area contributed by atoms with Gasteiger partial charge in [0.05, 0.1) is 0 Å². The van der Waals surface area contributed by atoms with Crippen LogP contribution in [0.15, 0.2) is 24.3 Å². The van der Waals surface area contributed by atoms with Gasteiger partial charge in [-0.1, -0.05) is 31.2 Å². The predicted octanol–water partition coefficient (Wildman–Crippen LogP) is 3.20.